The van der Waals surface area contributed by atoms with Gasteiger partial charge in [0.05, 0.1) is 7.11 Å². The summed E-state index contributed by atoms with van der Waals surface area (Å²) in [5, 5.41) is 0.918. The van der Waals surface area contributed by atoms with E-state index in [2.05, 4.69) is 9.97 Å². The van der Waals surface area contributed by atoms with Gasteiger partial charge >= 0.3 is 5.97 Å². The van der Waals surface area contributed by atoms with Crippen LogP contribution in [0.4, 0.5) is 0 Å². The Labute approximate surface area is 93.0 Å². The van der Waals surface area contributed by atoms with Gasteiger partial charge in [-0.25, -0.2) is 9.78 Å². The number of nitrogens with zero attached hydrogens (tertiary/aromatic N) is 1. The van der Waals surface area contributed by atoms with Gasteiger partial charge in [-0.15, -0.1) is 0 Å². The van der Waals surface area contributed by atoms with Crippen LogP contribution in [-0.4, -0.2) is 23.0 Å². The standard InChI is InChI=1S/C12H12N2O2/c1-3-5-8-9-6-4-7-13-11(9)14-10(8)12(15)16-2/h3-7H,1-2H3,(H,13,14)/b5-3+. The van der Waals surface area contributed by atoms with Crippen LogP contribution in [0.25, 0.3) is 17.1 Å². The Hall–Kier alpha value is -2.10. The molecule has 0 aliphatic heterocycles. The minimum Gasteiger partial charge on any atom is -0.464 e. The van der Waals surface area contributed by atoms with Crippen LogP contribution in [0, 0.1) is 0 Å². The van der Waals surface area contributed by atoms with Gasteiger partial charge in [-0.3, -0.25) is 0 Å². The monoisotopic (exact) mass is 216 g/mol. The molecule has 4 nitrogen and oxygen atoms in total. The lowest BCUT2D eigenvalue weighted by Gasteiger charge is -1.97. The van der Waals surface area contributed by atoms with Gasteiger partial charge in [-0.05, 0) is 19.1 Å². The van der Waals surface area contributed by atoms with Crippen molar-refractivity contribution in [3.05, 3.63) is 35.7 Å². The number of H-pyrrole nitrogens is 1. The number of allylic oxidation sites excluding steroid dienone is 1. The van der Waals surface area contributed by atoms with Crippen LogP contribution in [0.1, 0.15) is 23.0 Å². The van der Waals surface area contributed by atoms with Gasteiger partial charge in [0.15, 0.2) is 0 Å². The molecule has 0 radical (unpaired) electrons. The predicted molar refractivity (Wildman–Crippen MR) is 62.1 cm³/mol. The Kier molecular flexibility index (Phi) is 2.72. The van der Waals surface area contributed by atoms with Crippen molar-refractivity contribution in [3.8, 4) is 0 Å². The van der Waals surface area contributed by atoms with Crippen LogP contribution < -0.4 is 0 Å². The van der Waals surface area contributed by atoms with Gasteiger partial charge in [-0.1, -0.05) is 12.2 Å². The van der Waals surface area contributed by atoms with Crippen molar-refractivity contribution in [3.63, 3.8) is 0 Å². The summed E-state index contributed by atoms with van der Waals surface area (Å²) >= 11 is 0. The lowest BCUT2D eigenvalue weighted by atomic mass is 10.1. The van der Waals surface area contributed by atoms with E-state index in [1.54, 1.807) is 6.20 Å². The Morgan fingerprint density at radius 3 is 3.06 bits per heavy atom. The lowest BCUT2D eigenvalue weighted by Crippen LogP contribution is -2.03. The molecule has 0 unspecified atom stereocenters. The van der Waals surface area contributed by atoms with Gasteiger partial charge < -0.3 is 9.72 Å². The molecule has 0 aliphatic rings. The third-order valence-corrected chi connectivity index (χ3v) is 2.33. The van der Waals surface area contributed by atoms with E-state index in [1.165, 1.54) is 7.11 Å². The average molecular weight is 216 g/mol. The Morgan fingerprint density at radius 1 is 1.56 bits per heavy atom. The zero-order chi connectivity index (χ0) is 11.5. The molecule has 0 fully saturated rings. The highest BCUT2D eigenvalue weighted by Gasteiger charge is 2.16. The SMILES string of the molecule is C/C=C/c1c(C(=O)OC)[nH]c2ncccc12. The molecule has 0 aliphatic carbocycles. The summed E-state index contributed by atoms with van der Waals surface area (Å²) in [6.45, 7) is 1.90. The summed E-state index contributed by atoms with van der Waals surface area (Å²) < 4.78 is 4.72. The second kappa shape index (κ2) is 4.18. The number of ether oxygens (including phenoxy) is 1. The number of hydrogen-bond acceptors (Lipinski definition) is 3. The first kappa shape index (κ1) is 10.4. The van der Waals surface area contributed by atoms with Crippen molar-refractivity contribution >= 4 is 23.1 Å². The summed E-state index contributed by atoms with van der Waals surface area (Å²) in [4.78, 5) is 18.7. The van der Waals surface area contributed by atoms with E-state index in [4.69, 9.17) is 4.74 Å². The van der Waals surface area contributed by atoms with E-state index >= 15 is 0 Å². The predicted octanol–water partition coefficient (Wildman–Crippen LogP) is 2.38. The number of pyridine rings is 1. The molecule has 0 saturated heterocycles. The molecule has 2 aromatic rings. The smallest absolute Gasteiger partial charge is 0.355 e. The number of carbonyl (C=O) groups is 1. The zero-order valence-corrected chi connectivity index (χ0v) is 9.15. The van der Waals surface area contributed by atoms with Crippen molar-refractivity contribution in [1.29, 1.82) is 0 Å². The summed E-state index contributed by atoms with van der Waals surface area (Å²) in [6.07, 6.45) is 5.42. The average Bonchev–Trinajstić information content (AvgIpc) is 2.68. The fourth-order valence-electron chi connectivity index (χ4n) is 1.65. The fraction of sp³-hybridized carbons (Fsp3) is 0.167. The molecule has 0 spiro atoms. The Morgan fingerprint density at radius 2 is 2.38 bits per heavy atom. The van der Waals surface area contributed by atoms with Crippen LogP contribution in [0.15, 0.2) is 24.4 Å². The third-order valence-electron chi connectivity index (χ3n) is 2.33. The number of methoxy groups -OCH3 is 1. The molecule has 0 amide bonds. The fourth-order valence-corrected chi connectivity index (χ4v) is 1.65. The van der Waals surface area contributed by atoms with Gasteiger partial charge in [0.1, 0.15) is 11.3 Å². The highest BCUT2D eigenvalue weighted by Crippen LogP contribution is 2.22. The first-order valence-corrected chi connectivity index (χ1v) is 4.95. The second-order valence-corrected chi connectivity index (χ2v) is 3.30. The highest BCUT2D eigenvalue weighted by molar-refractivity contribution is 6.01. The van der Waals surface area contributed by atoms with Crippen LogP contribution >= 0.6 is 0 Å². The summed E-state index contributed by atoms with van der Waals surface area (Å²) in [5.74, 6) is -0.383. The number of nitrogens with one attached hydrogen (secondary N) is 1. The summed E-state index contributed by atoms with van der Waals surface area (Å²) in [6, 6.07) is 3.75. The minimum atomic E-state index is -0.383. The zero-order valence-electron chi connectivity index (χ0n) is 9.15. The van der Waals surface area contributed by atoms with Crippen LogP contribution in [-0.2, 0) is 4.74 Å². The Bertz CT molecular complexity index is 555. The summed E-state index contributed by atoms with van der Waals surface area (Å²) in [5.41, 5.74) is 1.95. The number of carbonyl (C=O) groups excluding carboxylic acids is 1. The van der Waals surface area contributed by atoms with Crippen LogP contribution in [0.3, 0.4) is 0 Å². The van der Waals surface area contributed by atoms with E-state index in [0.717, 1.165) is 10.9 Å². The van der Waals surface area contributed by atoms with Crippen molar-refractivity contribution in [2.45, 2.75) is 6.92 Å². The van der Waals surface area contributed by atoms with Crippen molar-refractivity contribution in [2.24, 2.45) is 0 Å². The number of hydrogen-bond donors (Lipinski definition) is 1. The molecular formula is C12H12N2O2. The summed E-state index contributed by atoms with van der Waals surface area (Å²) in [7, 11) is 1.36. The second-order valence-electron chi connectivity index (χ2n) is 3.30. The first-order chi connectivity index (χ1) is 7.77. The Balaban J connectivity index is 2.72. The van der Waals surface area contributed by atoms with Crippen molar-refractivity contribution in [1.82, 2.24) is 9.97 Å². The number of aromatic amines is 1. The normalized spacial score (nSPS) is 11.1. The van der Waals surface area contributed by atoms with Crippen molar-refractivity contribution < 1.29 is 9.53 Å². The van der Waals surface area contributed by atoms with Crippen LogP contribution in [0.5, 0.6) is 0 Å². The van der Waals surface area contributed by atoms with Gasteiger partial charge in [0, 0.05) is 17.1 Å². The molecule has 1 N–H and O–H groups in total. The molecule has 0 saturated carbocycles. The first-order valence-electron chi connectivity index (χ1n) is 4.95. The largest absolute Gasteiger partial charge is 0.464 e. The van der Waals surface area contributed by atoms with E-state index in [-0.39, 0.29) is 5.97 Å². The minimum absolute atomic E-state index is 0.383. The van der Waals surface area contributed by atoms with Gasteiger partial charge in [-0.2, -0.15) is 0 Å². The molecule has 0 bridgehead atoms. The van der Waals surface area contributed by atoms with E-state index in [1.807, 2.05) is 31.2 Å². The topological polar surface area (TPSA) is 55.0 Å². The van der Waals surface area contributed by atoms with Gasteiger partial charge in [0.2, 0.25) is 0 Å². The molecule has 2 rings (SSSR count). The quantitative estimate of drug-likeness (QED) is 0.784. The van der Waals surface area contributed by atoms with Gasteiger partial charge in [0.25, 0.3) is 0 Å². The maximum absolute atomic E-state index is 11.6. The van der Waals surface area contributed by atoms with E-state index in [9.17, 15) is 4.79 Å². The van der Waals surface area contributed by atoms with Crippen LogP contribution in [0.2, 0.25) is 0 Å². The van der Waals surface area contributed by atoms with E-state index in [0.29, 0.717) is 11.3 Å². The van der Waals surface area contributed by atoms with Crippen molar-refractivity contribution in [2.75, 3.05) is 7.11 Å². The lowest BCUT2D eigenvalue weighted by molar-refractivity contribution is 0.0595. The number of aromatic nitrogens is 2. The highest BCUT2D eigenvalue weighted by atomic mass is 16.5. The molecule has 0 atom stereocenters. The molecule has 2 heterocycles. The number of esters is 1. The third kappa shape index (κ3) is 1.58. The number of rotatable bonds is 2. The molecule has 82 valence electrons. The molecular weight excluding hydrogens is 204 g/mol. The molecule has 0 aromatic carbocycles. The molecule has 4 heteroatoms. The number of fused-ring (bicyclic) bond motifs is 1. The maximum atomic E-state index is 11.6. The molecule has 2 aromatic heterocycles. The molecule has 16 heavy (non-hydrogen) atoms. The maximum Gasteiger partial charge on any atom is 0.355 e. The van der Waals surface area contributed by atoms with E-state index < -0.39 is 0 Å².